The molecule has 6 rings (SSSR count). The highest BCUT2D eigenvalue weighted by atomic mass is 32.2. The quantitative estimate of drug-likeness (QED) is 0.349. The van der Waals surface area contributed by atoms with E-state index in [1.807, 2.05) is 47.9 Å². The molecule has 2 aromatic carbocycles. The Balaban J connectivity index is 1.25. The lowest BCUT2D eigenvalue weighted by atomic mass is 10.2. The molecule has 1 fully saturated rings. The van der Waals surface area contributed by atoms with Gasteiger partial charge in [0.25, 0.3) is 5.91 Å². The number of carbonyl (C=O) groups excluding carboxylic acids is 1. The van der Waals surface area contributed by atoms with Crippen LogP contribution < -0.4 is 5.32 Å². The molecule has 8 nitrogen and oxygen atoms in total. The molecule has 0 bridgehead atoms. The van der Waals surface area contributed by atoms with Crippen LogP contribution in [0.3, 0.4) is 0 Å². The minimum absolute atomic E-state index is 0.261. The first-order valence-electron chi connectivity index (χ1n) is 11.2. The summed E-state index contributed by atoms with van der Waals surface area (Å²) in [6, 6.07) is 14.8. The molecule has 0 aliphatic carbocycles. The number of nitrogens with one attached hydrogen (secondary N) is 1. The van der Waals surface area contributed by atoms with Crippen LogP contribution in [0.1, 0.15) is 28.2 Å². The second-order valence-corrected chi connectivity index (χ2v) is 12.3. The number of fused-ring (bicyclic) bond motifs is 2. The lowest BCUT2D eigenvalue weighted by Gasteiger charge is -2.15. The highest BCUT2D eigenvalue weighted by molar-refractivity contribution is 7.89. The minimum atomic E-state index is -3.51. The Morgan fingerprint density at radius 1 is 1.03 bits per heavy atom. The minimum Gasteiger partial charge on any atom is -0.297 e. The molecule has 0 radical (unpaired) electrons. The number of aromatic nitrogens is 3. The van der Waals surface area contributed by atoms with Crippen molar-refractivity contribution in [2.45, 2.75) is 24.7 Å². The molecule has 0 spiro atoms. The molecule has 1 aliphatic rings. The predicted octanol–water partition coefficient (Wildman–Crippen LogP) is 5.02. The van der Waals surface area contributed by atoms with Crippen LogP contribution in [0, 0.1) is 6.92 Å². The molecule has 35 heavy (non-hydrogen) atoms. The molecular weight excluding hydrogens is 502 g/mol. The molecule has 3 aromatic heterocycles. The number of nitrogens with zero attached hydrogens (tertiary/aromatic N) is 4. The molecule has 0 saturated carbocycles. The summed E-state index contributed by atoms with van der Waals surface area (Å²) in [5.74, 6) is -0.261. The van der Waals surface area contributed by atoms with Crippen LogP contribution in [0.2, 0.25) is 0 Å². The van der Waals surface area contributed by atoms with E-state index in [0.29, 0.717) is 33.3 Å². The topological polar surface area (TPSA) is 96.7 Å². The summed E-state index contributed by atoms with van der Waals surface area (Å²) in [6.45, 7) is 3.00. The largest absolute Gasteiger partial charge is 0.297 e. The number of anilines is 1. The number of amides is 1. The van der Waals surface area contributed by atoms with E-state index in [0.717, 1.165) is 34.8 Å². The van der Waals surface area contributed by atoms with Crippen molar-refractivity contribution in [1.82, 2.24) is 18.7 Å². The maximum atomic E-state index is 13.1. The Kier molecular flexibility index (Phi) is 5.44. The number of hydrogen-bond donors (Lipinski definition) is 1. The third kappa shape index (κ3) is 3.94. The lowest BCUT2D eigenvalue weighted by Crippen LogP contribution is -2.27. The Bertz CT molecular complexity index is 1680. The van der Waals surface area contributed by atoms with Crippen LogP contribution in [0.15, 0.2) is 59.6 Å². The number of thiazole rings is 2. The van der Waals surface area contributed by atoms with Gasteiger partial charge in [-0.25, -0.2) is 18.4 Å². The van der Waals surface area contributed by atoms with E-state index in [1.54, 1.807) is 18.2 Å². The van der Waals surface area contributed by atoms with Crippen LogP contribution in [0.25, 0.3) is 26.4 Å². The molecule has 0 atom stereocenters. The van der Waals surface area contributed by atoms with Crippen LogP contribution in [-0.4, -0.2) is 46.1 Å². The highest BCUT2D eigenvalue weighted by Gasteiger charge is 2.27. The van der Waals surface area contributed by atoms with Crippen molar-refractivity contribution in [3.8, 4) is 11.3 Å². The monoisotopic (exact) mass is 523 g/mol. The maximum absolute atomic E-state index is 13.1. The standard InChI is InChI=1S/C24H21N5O3S3/c1-15-21(34-24-26-19(14-29(15)24)16-7-3-2-4-8-16)22(30)27-23-25-18-10-9-17(13-20(18)33-23)35(31,32)28-11-5-6-12-28/h2-4,7-10,13-14H,5-6,11-12H2,1H3,(H,25,27,30). The van der Waals surface area contributed by atoms with Crippen LogP contribution in [-0.2, 0) is 10.0 Å². The first-order valence-corrected chi connectivity index (χ1v) is 14.2. The molecule has 4 heterocycles. The molecule has 11 heteroatoms. The molecule has 1 N–H and O–H groups in total. The molecule has 0 unspecified atom stereocenters. The first-order chi connectivity index (χ1) is 16.9. The average molecular weight is 524 g/mol. The van der Waals surface area contributed by atoms with Gasteiger partial charge in [-0.05, 0) is 38.0 Å². The fraction of sp³-hybridized carbons (Fsp3) is 0.208. The van der Waals surface area contributed by atoms with Crippen LogP contribution in [0.5, 0.6) is 0 Å². The number of hydrogen-bond acceptors (Lipinski definition) is 7. The van der Waals surface area contributed by atoms with E-state index in [1.165, 1.54) is 27.0 Å². The van der Waals surface area contributed by atoms with Gasteiger partial charge in [0.15, 0.2) is 10.1 Å². The molecule has 5 aromatic rings. The maximum Gasteiger partial charge on any atom is 0.269 e. The number of rotatable bonds is 5. The van der Waals surface area contributed by atoms with Gasteiger partial charge in [0, 0.05) is 30.5 Å². The lowest BCUT2D eigenvalue weighted by molar-refractivity contribution is 0.102. The van der Waals surface area contributed by atoms with Gasteiger partial charge in [0.2, 0.25) is 10.0 Å². The van der Waals surface area contributed by atoms with Gasteiger partial charge >= 0.3 is 0 Å². The zero-order chi connectivity index (χ0) is 24.2. The zero-order valence-corrected chi connectivity index (χ0v) is 21.2. The Labute approximate surface area is 209 Å². The number of aryl methyl sites for hydroxylation is 1. The SMILES string of the molecule is Cc1c(C(=O)Nc2nc3ccc(S(=O)(=O)N4CCCC4)cc3s2)sc2nc(-c3ccccc3)cn12. The Morgan fingerprint density at radius 2 is 1.80 bits per heavy atom. The van der Waals surface area contributed by atoms with Gasteiger partial charge in [-0.3, -0.25) is 14.5 Å². The number of sulfonamides is 1. The summed E-state index contributed by atoms with van der Waals surface area (Å²) in [4.78, 5) is 23.8. The van der Waals surface area contributed by atoms with E-state index in [-0.39, 0.29) is 10.8 Å². The first kappa shape index (κ1) is 22.4. The van der Waals surface area contributed by atoms with Gasteiger partial charge in [0.1, 0.15) is 4.88 Å². The summed E-state index contributed by atoms with van der Waals surface area (Å²) in [5, 5.41) is 3.30. The molecule has 1 saturated heterocycles. The van der Waals surface area contributed by atoms with E-state index in [9.17, 15) is 13.2 Å². The van der Waals surface area contributed by atoms with Crippen molar-refractivity contribution in [2.75, 3.05) is 18.4 Å². The van der Waals surface area contributed by atoms with E-state index >= 15 is 0 Å². The number of benzene rings is 2. The van der Waals surface area contributed by atoms with Crippen molar-refractivity contribution in [1.29, 1.82) is 0 Å². The van der Waals surface area contributed by atoms with Crippen molar-refractivity contribution in [2.24, 2.45) is 0 Å². The zero-order valence-electron chi connectivity index (χ0n) is 18.8. The smallest absolute Gasteiger partial charge is 0.269 e. The van der Waals surface area contributed by atoms with Gasteiger partial charge in [0.05, 0.1) is 20.8 Å². The Morgan fingerprint density at radius 3 is 2.54 bits per heavy atom. The summed E-state index contributed by atoms with van der Waals surface area (Å²) < 4.78 is 30.0. The van der Waals surface area contributed by atoms with Gasteiger partial charge in [-0.15, -0.1) is 0 Å². The number of carbonyl (C=O) groups is 1. The summed E-state index contributed by atoms with van der Waals surface area (Å²) >= 11 is 2.59. The normalized spacial score (nSPS) is 14.8. The predicted molar refractivity (Wildman–Crippen MR) is 139 cm³/mol. The molecule has 1 aliphatic heterocycles. The van der Waals surface area contributed by atoms with Crippen molar-refractivity contribution in [3.63, 3.8) is 0 Å². The third-order valence-corrected chi connectivity index (χ3v) is 10.1. The Hall–Kier alpha value is -3.12. The van der Waals surface area contributed by atoms with Gasteiger partial charge in [-0.2, -0.15) is 4.31 Å². The fourth-order valence-electron chi connectivity index (χ4n) is 4.26. The summed E-state index contributed by atoms with van der Waals surface area (Å²) in [7, 11) is -3.51. The van der Waals surface area contributed by atoms with E-state index in [2.05, 4.69) is 15.3 Å². The van der Waals surface area contributed by atoms with Crippen molar-refractivity contribution >= 4 is 58.9 Å². The van der Waals surface area contributed by atoms with Crippen molar-refractivity contribution < 1.29 is 13.2 Å². The number of imidazole rings is 1. The average Bonchev–Trinajstić information content (AvgIpc) is 3.64. The van der Waals surface area contributed by atoms with E-state index < -0.39 is 10.0 Å². The van der Waals surface area contributed by atoms with E-state index in [4.69, 9.17) is 0 Å². The summed E-state index contributed by atoms with van der Waals surface area (Å²) in [6.07, 6.45) is 3.71. The molecule has 1 amide bonds. The van der Waals surface area contributed by atoms with Gasteiger partial charge < -0.3 is 0 Å². The summed E-state index contributed by atoms with van der Waals surface area (Å²) in [5.41, 5.74) is 3.33. The molecule has 178 valence electrons. The van der Waals surface area contributed by atoms with Crippen LogP contribution >= 0.6 is 22.7 Å². The van der Waals surface area contributed by atoms with Gasteiger partial charge in [-0.1, -0.05) is 53.0 Å². The van der Waals surface area contributed by atoms with Crippen molar-refractivity contribution in [3.05, 3.63) is 65.3 Å². The third-order valence-electron chi connectivity index (χ3n) is 6.12. The second-order valence-electron chi connectivity index (χ2n) is 8.38. The fourth-order valence-corrected chi connectivity index (χ4v) is 7.78. The second kappa shape index (κ2) is 8.52. The molecular formula is C24H21N5O3S3. The highest BCUT2D eigenvalue weighted by Crippen LogP contribution is 2.32. The van der Waals surface area contributed by atoms with Crippen LogP contribution in [0.4, 0.5) is 5.13 Å².